The van der Waals surface area contributed by atoms with E-state index in [9.17, 15) is 9.90 Å². The van der Waals surface area contributed by atoms with E-state index in [4.69, 9.17) is 4.74 Å². The third-order valence-corrected chi connectivity index (χ3v) is 3.60. The first-order chi connectivity index (χ1) is 8.18. The van der Waals surface area contributed by atoms with Crippen LogP contribution in [-0.2, 0) is 11.3 Å². The van der Waals surface area contributed by atoms with E-state index in [1.807, 2.05) is 11.5 Å². The van der Waals surface area contributed by atoms with Crippen LogP contribution in [-0.4, -0.2) is 33.8 Å². The van der Waals surface area contributed by atoms with Crippen LogP contribution in [0.3, 0.4) is 0 Å². The van der Waals surface area contributed by atoms with Gasteiger partial charge in [0.1, 0.15) is 6.61 Å². The van der Waals surface area contributed by atoms with Gasteiger partial charge in [-0.05, 0) is 19.9 Å². The molecule has 0 saturated carbocycles. The molecule has 3 rings (SSSR count). The topological polar surface area (TPSA) is 76.4 Å². The van der Waals surface area contributed by atoms with Gasteiger partial charge in [-0.3, -0.25) is 9.36 Å². The summed E-state index contributed by atoms with van der Waals surface area (Å²) >= 11 is 0. The lowest BCUT2D eigenvalue weighted by atomic mass is 9.97. The van der Waals surface area contributed by atoms with Crippen molar-refractivity contribution in [1.82, 2.24) is 14.9 Å². The molecular formula is C11H15N3O3. The summed E-state index contributed by atoms with van der Waals surface area (Å²) in [6.07, 6.45) is 0.655. The molecule has 92 valence electrons. The van der Waals surface area contributed by atoms with Gasteiger partial charge in [0.2, 0.25) is 0 Å². The number of ether oxygens (including phenoxy) is 1. The molecule has 2 atom stereocenters. The molecule has 1 aromatic rings. The Kier molecular flexibility index (Phi) is 2.32. The number of nitrogens with zero attached hydrogens (tertiary/aromatic N) is 2. The third-order valence-electron chi connectivity index (χ3n) is 3.60. The van der Waals surface area contributed by atoms with Crippen molar-refractivity contribution in [3.8, 4) is 6.01 Å². The zero-order valence-electron chi connectivity index (χ0n) is 9.64. The fourth-order valence-corrected chi connectivity index (χ4v) is 2.68. The second-order valence-electron chi connectivity index (χ2n) is 4.53. The average molecular weight is 237 g/mol. The highest BCUT2D eigenvalue weighted by molar-refractivity contribution is 5.71. The highest BCUT2D eigenvalue weighted by Crippen LogP contribution is 2.34. The molecule has 2 N–H and O–H groups in total. The van der Waals surface area contributed by atoms with E-state index < -0.39 is 5.97 Å². The summed E-state index contributed by atoms with van der Waals surface area (Å²) in [7, 11) is 0. The van der Waals surface area contributed by atoms with Gasteiger partial charge in [-0.15, -0.1) is 0 Å². The summed E-state index contributed by atoms with van der Waals surface area (Å²) < 4.78 is 7.40. The van der Waals surface area contributed by atoms with Gasteiger partial charge in [0, 0.05) is 5.69 Å². The Morgan fingerprint density at radius 1 is 1.65 bits per heavy atom. The standard InChI is InChI=1S/C11H15N3O3/c1-6-8(13-11-14(6)4-5-17-11)9-7(10(15)16)2-3-12-9/h7,9,12H,2-5H2,1H3,(H,15,16). The van der Waals surface area contributed by atoms with Crippen LogP contribution < -0.4 is 10.1 Å². The van der Waals surface area contributed by atoms with Crippen molar-refractivity contribution in [3.05, 3.63) is 11.4 Å². The summed E-state index contributed by atoms with van der Waals surface area (Å²) in [4.78, 5) is 15.6. The van der Waals surface area contributed by atoms with Crippen LogP contribution in [0.5, 0.6) is 6.01 Å². The highest BCUT2D eigenvalue weighted by atomic mass is 16.5. The van der Waals surface area contributed by atoms with Gasteiger partial charge in [0.15, 0.2) is 0 Å². The van der Waals surface area contributed by atoms with E-state index in [1.165, 1.54) is 0 Å². The summed E-state index contributed by atoms with van der Waals surface area (Å²) in [5.74, 6) is -1.14. The first-order valence-electron chi connectivity index (χ1n) is 5.84. The van der Waals surface area contributed by atoms with Crippen LogP contribution in [0.1, 0.15) is 23.9 Å². The Morgan fingerprint density at radius 2 is 2.47 bits per heavy atom. The molecule has 0 amide bonds. The lowest BCUT2D eigenvalue weighted by Gasteiger charge is -2.14. The SMILES string of the molecule is Cc1c(C2NCCC2C(=O)O)nc2n1CCO2. The summed E-state index contributed by atoms with van der Waals surface area (Å²) in [5, 5.41) is 12.4. The molecule has 2 aliphatic heterocycles. The van der Waals surface area contributed by atoms with Crippen molar-refractivity contribution in [2.45, 2.75) is 25.9 Å². The predicted octanol–water partition coefficient (Wildman–Crippen LogP) is 0.319. The second kappa shape index (κ2) is 3.73. The lowest BCUT2D eigenvalue weighted by molar-refractivity contribution is -0.142. The minimum Gasteiger partial charge on any atom is -0.481 e. The van der Waals surface area contributed by atoms with E-state index in [2.05, 4.69) is 10.3 Å². The molecule has 1 aromatic heterocycles. The fraction of sp³-hybridized carbons (Fsp3) is 0.636. The zero-order chi connectivity index (χ0) is 12.0. The third kappa shape index (κ3) is 1.51. The Morgan fingerprint density at radius 3 is 3.18 bits per heavy atom. The van der Waals surface area contributed by atoms with Crippen molar-refractivity contribution < 1.29 is 14.6 Å². The van der Waals surface area contributed by atoms with Crippen molar-refractivity contribution in [2.75, 3.05) is 13.2 Å². The van der Waals surface area contributed by atoms with E-state index in [0.717, 1.165) is 24.5 Å². The molecule has 17 heavy (non-hydrogen) atoms. The number of nitrogens with one attached hydrogen (secondary N) is 1. The first-order valence-corrected chi connectivity index (χ1v) is 5.84. The normalized spacial score (nSPS) is 26.9. The van der Waals surface area contributed by atoms with Crippen LogP contribution in [0.4, 0.5) is 0 Å². The molecule has 1 saturated heterocycles. The summed E-state index contributed by atoms with van der Waals surface area (Å²) in [6.45, 7) is 4.16. The largest absolute Gasteiger partial charge is 0.481 e. The molecule has 1 fully saturated rings. The molecule has 2 aliphatic rings. The van der Waals surface area contributed by atoms with Crippen LogP contribution in [0, 0.1) is 12.8 Å². The molecule has 6 heteroatoms. The number of hydrogen-bond acceptors (Lipinski definition) is 4. The van der Waals surface area contributed by atoms with Gasteiger partial charge < -0.3 is 15.2 Å². The highest BCUT2D eigenvalue weighted by Gasteiger charge is 2.37. The minimum absolute atomic E-state index is 0.186. The Labute approximate surface area is 98.6 Å². The number of carboxylic acids is 1. The van der Waals surface area contributed by atoms with Gasteiger partial charge in [-0.1, -0.05) is 0 Å². The molecule has 0 aromatic carbocycles. The maximum absolute atomic E-state index is 11.2. The average Bonchev–Trinajstić information content (AvgIpc) is 2.95. The van der Waals surface area contributed by atoms with Crippen molar-refractivity contribution in [3.63, 3.8) is 0 Å². The molecule has 3 heterocycles. The van der Waals surface area contributed by atoms with Crippen LogP contribution in [0.25, 0.3) is 0 Å². The Hall–Kier alpha value is -1.56. The maximum Gasteiger partial charge on any atom is 0.308 e. The number of carboxylic acid groups (broad SMARTS) is 1. The van der Waals surface area contributed by atoms with E-state index in [1.54, 1.807) is 0 Å². The molecule has 6 nitrogen and oxygen atoms in total. The number of hydrogen-bond donors (Lipinski definition) is 2. The number of fused-ring (bicyclic) bond motifs is 1. The number of aliphatic carboxylic acids is 1. The number of rotatable bonds is 2. The molecule has 0 spiro atoms. The van der Waals surface area contributed by atoms with Crippen LogP contribution in [0.15, 0.2) is 0 Å². The molecular weight excluding hydrogens is 222 g/mol. The van der Waals surface area contributed by atoms with Gasteiger partial charge in [0.05, 0.1) is 24.2 Å². The fourth-order valence-electron chi connectivity index (χ4n) is 2.68. The molecule has 0 radical (unpaired) electrons. The first kappa shape index (κ1) is 10.6. The minimum atomic E-state index is -0.756. The number of carbonyl (C=O) groups is 1. The monoisotopic (exact) mass is 237 g/mol. The van der Waals surface area contributed by atoms with Gasteiger partial charge in [0.25, 0.3) is 6.01 Å². The second-order valence-corrected chi connectivity index (χ2v) is 4.53. The quantitative estimate of drug-likeness (QED) is 0.774. The summed E-state index contributed by atoms with van der Waals surface area (Å²) in [6, 6.07) is 0.435. The Bertz CT molecular complexity index is 469. The summed E-state index contributed by atoms with van der Waals surface area (Å²) in [5.41, 5.74) is 1.84. The number of imidazole rings is 1. The van der Waals surface area contributed by atoms with Crippen LogP contribution >= 0.6 is 0 Å². The maximum atomic E-state index is 11.2. The smallest absolute Gasteiger partial charge is 0.308 e. The van der Waals surface area contributed by atoms with Gasteiger partial charge in [-0.2, -0.15) is 4.98 Å². The van der Waals surface area contributed by atoms with Crippen molar-refractivity contribution >= 4 is 5.97 Å². The van der Waals surface area contributed by atoms with Gasteiger partial charge in [-0.25, -0.2) is 0 Å². The van der Waals surface area contributed by atoms with E-state index in [0.29, 0.717) is 19.0 Å². The van der Waals surface area contributed by atoms with Crippen LogP contribution in [0.2, 0.25) is 0 Å². The predicted molar refractivity (Wildman–Crippen MR) is 58.9 cm³/mol. The van der Waals surface area contributed by atoms with Crippen molar-refractivity contribution in [1.29, 1.82) is 0 Å². The van der Waals surface area contributed by atoms with E-state index >= 15 is 0 Å². The van der Waals surface area contributed by atoms with Crippen molar-refractivity contribution in [2.24, 2.45) is 5.92 Å². The lowest BCUT2D eigenvalue weighted by Crippen LogP contribution is -2.24. The van der Waals surface area contributed by atoms with E-state index in [-0.39, 0.29) is 12.0 Å². The molecule has 2 unspecified atom stereocenters. The molecule has 0 bridgehead atoms. The molecule has 0 aliphatic carbocycles. The number of aromatic nitrogens is 2. The van der Waals surface area contributed by atoms with Gasteiger partial charge >= 0.3 is 5.97 Å². The zero-order valence-corrected chi connectivity index (χ0v) is 9.64. The Balaban J connectivity index is 1.96.